The first-order valence-electron chi connectivity index (χ1n) is 4.71. The Bertz CT molecular complexity index is 533. The average Bonchev–Trinajstić information content (AvgIpc) is 2.60. The van der Waals surface area contributed by atoms with E-state index in [2.05, 4.69) is 42.5 Å². The van der Waals surface area contributed by atoms with Crippen LogP contribution >= 0.6 is 12.6 Å². The fourth-order valence-electron chi connectivity index (χ4n) is 2.14. The van der Waals surface area contributed by atoms with Gasteiger partial charge in [0.25, 0.3) is 0 Å². The maximum atomic E-state index is 5.14. The van der Waals surface area contributed by atoms with Crippen LogP contribution in [0.1, 0.15) is 11.1 Å². The van der Waals surface area contributed by atoms with E-state index in [0.717, 1.165) is 0 Å². The van der Waals surface area contributed by atoms with Crippen molar-refractivity contribution in [3.05, 3.63) is 47.5 Å². The van der Waals surface area contributed by atoms with E-state index in [1.807, 2.05) is 0 Å². The topological polar surface area (TPSA) is 0 Å². The lowest BCUT2D eigenvalue weighted by atomic mass is 10.0. The smallest absolute Gasteiger partial charge is 0.0295 e. The standard InChI is InChI=1S/C13H9S/c14-8-11-7-10-5-1-3-9-4-2-6-12(11)13(9)10/h1-7H,8H2. The molecule has 0 atom stereocenters. The van der Waals surface area contributed by atoms with Gasteiger partial charge in [-0.25, -0.2) is 0 Å². The van der Waals surface area contributed by atoms with Gasteiger partial charge in [-0.15, -0.1) is 0 Å². The summed E-state index contributed by atoms with van der Waals surface area (Å²) in [5.41, 5.74) is 3.93. The summed E-state index contributed by atoms with van der Waals surface area (Å²) in [6.07, 6.45) is 2.21. The zero-order valence-corrected chi connectivity index (χ0v) is 8.47. The van der Waals surface area contributed by atoms with Crippen molar-refractivity contribution in [3.63, 3.8) is 0 Å². The van der Waals surface area contributed by atoms with E-state index >= 15 is 0 Å². The average molecular weight is 197 g/mol. The quantitative estimate of drug-likeness (QED) is 0.650. The van der Waals surface area contributed by atoms with E-state index in [-0.39, 0.29) is 0 Å². The Morgan fingerprint density at radius 2 is 1.79 bits per heavy atom. The molecule has 0 unspecified atom stereocenters. The molecule has 0 heterocycles. The third-order valence-corrected chi connectivity index (χ3v) is 3.08. The lowest BCUT2D eigenvalue weighted by Gasteiger charge is -2.02. The van der Waals surface area contributed by atoms with Gasteiger partial charge in [-0.1, -0.05) is 49.0 Å². The van der Waals surface area contributed by atoms with Gasteiger partial charge < -0.3 is 0 Å². The Morgan fingerprint density at radius 3 is 2.57 bits per heavy atom. The number of hydrogen-bond donors (Lipinski definition) is 0. The summed E-state index contributed by atoms with van der Waals surface area (Å²) in [7, 11) is 0. The van der Waals surface area contributed by atoms with Gasteiger partial charge >= 0.3 is 0 Å². The first-order chi connectivity index (χ1) is 6.90. The Labute approximate surface area is 88.7 Å². The summed E-state index contributed by atoms with van der Waals surface area (Å²) in [6.45, 7) is 0. The molecule has 2 aromatic carbocycles. The van der Waals surface area contributed by atoms with Gasteiger partial charge in [-0.3, -0.25) is 0 Å². The molecule has 14 heavy (non-hydrogen) atoms. The van der Waals surface area contributed by atoms with Crippen molar-refractivity contribution in [1.82, 2.24) is 0 Å². The van der Waals surface area contributed by atoms with E-state index < -0.39 is 0 Å². The van der Waals surface area contributed by atoms with Crippen molar-refractivity contribution in [3.8, 4) is 0 Å². The van der Waals surface area contributed by atoms with Crippen LogP contribution in [0.4, 0.5) is 0 Å². The van der Waals surface area contributed by atoms with Gasteiger partial charge in [0.2, 0.25) is 0 Å². The molecule has 0 aliphatic heterocycles. The molecule has 1 aliphatic carbocycles. The first-order valence-corrected chi connectivity index (χ1v) is 5.28. The molecule has 0 saturated carbocycles. The molecular formula is C13H9S. The highest BCUT2D eigenvalue weighted by Crippen LogP contribution is 2.36. The number of benzene rings is 2. The maximum absolute atomic E-state index is 5.14. The van der Waals surface area contributed by atoms with Crippen LogP contribution in [0, 0.1) is 0 Å². The summed E-state index contributed by atoms with van der Waals surface area (Å²) in [6, 6.07) is 12.8. The Kier molecular flexibility index (Phi) is 1.68. The zero-order chi connectivity index (χ0) is 9.54. The molecule has 0 N–H and O–H groups in total. The van der Waals surface area contributed by atoms with Crippen LogP contribution in [0.2, 0.25) is 0 Å². The molecule has 1 heteroatoms. The third-order valence-electron chi connectivity index (χ3n) is 2.77. The van der Waals surface area contributed by atoms with E-state index in [4.69, 9.17) is 12.6 Å². The minimum absolute atomic E-state index is 0.702. The van der Waals surface area contributed by atoms with Gasteiger partial charge in [-0.2, -0.15) is 0 Å². The lowest BCUT2D eigenvalue weighted by Crippen LogP contribution is -1.82. The fraction of sp³-hybridized carbons (Fsp3) is 0.0769. The fourth-order valence-corrected chi connectivity index (χ4v) is 2.38. The predicted molar refractivity (Wildman–Crippen MR) is 64.3 cm³/mol. The SMILES string of the molecule is [S]CC1=Cc2cccc3cccc1c23. The van der Waals surface area contributed by atoms with Crippen LogP contribution in [0.3, 0.4) is 0 Å². The van der Waals surface area contributed by atoms with E-state index in [0.29, 0.717) is 5.75 Å². The zero-order valence-electron chi connectivity index (χ0n) is 7.66. The second-order valence-electron chi connectivity index (χ2n) is 3.56. The monoisotopic (exact) mass is 197 g/mol. The van der Waals surface area contributed by atoms with E-state index in [1.165, 1.54) is 27.5 Å². The van der Waals surface area contributed by atoms with Crippen LogP contribution in [-0.2, 0) is 0 Å². The van der Waals surface area contributed by atoms with Gasteiger partial charge in [0.1, 0.15) is 0 Å². The second-order valence-corrected chi connectivity index (χ2v) is 3.85. The molecule has 3 rings (SSSR count). The van der Waals surface area contributed by atoms with Crippen LogP contribution in [0.15, 0.2) is 36.4 Å². The molecular weight excluding hydrogens is 188 g/mol. The Hall–Kier alpha value is -1.21. The van der Waals surface area contributed by atoms with Crippen molar-refractivity contribution >= 4 is 35.1 Å². The molecule has 0 saturated heterocycles. The number of hydrogen-bond acceptors (Lipinski definition) is 0. The molecule has 0 aromatic heterocycles. The molecule has 0 bridgehead atoms. The second kappa shape index (κ2) is 2.89. The summed E-state index contributed by atoms with van der Waals surface area (Å²) < 4.78 is 0. The maximum Gasteiger partial charge on any atom is 0.0295 e. The van der Waals surface area contributed by atoms with Crippen molar-refractivity contribution in [2.24, 2.45) is 0 Å². The summed E-state index contributed by atoms with van der Waals surface area (Å²) >= 11 is 5.14. The van der Waals surface area contributed by atoms with Gasteiger partial charge in [-0.05, 0) is 33.5 Å². The molecule has 1 aliphatic rings. The highest BCUT2D eigenvalue weighted by molar-refractivity contribution is 7.80. The summed E-state index contributed by atoms with van der Waals surface area (Å²) in [4.78, 5) is 0. The van der Waals surface area contributed by atoms with Crippen molar-refractivity contribution in [2.45, 2.75) is 0 Å². The molecule has 2 aromatic rings. The Balaban J connectivity index is 2.46. The van der Waals surface area contributed by atoms with E-state index in [9.17, 15) is 0 Å². The van der Waals surface area contributed by atoms with Crippen LogP contribution in [0.5, 0.6) is 0 Å². The van der Waals surface area contributed by atoms with Gasteiger partial charge in [0.15, 0.2) is 0 Å². The molecule has 67 valence electrons. The molecule has 1 radical (unpaired) electrons. The third kappa shape index (κ3) is 0.962. The van der Waals surface area contributed by atoms with Crippen LogP contribution < -0.4 is 0 Å². The minimum Gasteiger partial charge on any atom is -0.0890 e. The summed E-state index contributed by atoms with van der Waals surface area (Å²) in [5, 5.41) is 2.68. The van der Waals surface area contributed by atoms with Crippen molar-refractivity contribution < 1.29 is 0 Å². The molecule has 0 spiro atoms. The first kappa shape index (κ1) is 8.13. The van der Waals surface area contributed by atoms with Crippen molar-refractivity contribution in [2.75, 3.05) is 5.75 Å². The normalized spacial score (nSPS) is 13.4. The molecule has 0 fully saturated rings. The molecule has 0 amide bonds. The highest BCUT2D eigenvalue weighted by Gasteiger charge is 2.14. The minimum atomic E-state index is 0.702. The highest BCUT2D eigenvalue weighted by atomic mass is 32.1. The van der Waals surface area contributed by atoms with Crippen LogP contribution in [-0.4, -0.2) is 5.75 Å². The Morgan fingerprint density at radius 1 is 1.00 bits per heavy atom. The van der Waals surface area contributed by atoms with E-state index in [1.54, 1.807) is 0 Å². The molecule has 0 nitrogen and oxygen atoms in total. The van der Waals surface area contributed by atoms with Gasteiger partial charge in [0.05, 0.1) is 0 Å². The largest absolute Gasteiger partial charge is 0.0890 e. The lowest BCUT2D eigenvalue weighted by molar-refractivity contribution is 1.68. The summed E-state index contributed by atoms with van der Waals surface area (Å²) in [5.74, 6) is 0.702. The van der Waals surface area contributed by atoms with Gasteiger partial charge in [0, 0.05) is 5.75 Å². The van der Waals surface area contributed by atoms with Crippen LogP contribution in [0.25, 0.3) is 22.4 Å². The number of rotatable bonds is 1. The predicted octanol–water partition coefficient (Wildman–Crippen LogP) is 3.89. The van der Waals surface area contributed by atoms with Crippen molar-refractivity contribution in [1.29, 1.82) is 0 Å².